The number of piperazine rings is 1. The molecule has 6 heteroatoms. The number of carboxylic acids is 1. The third-order valence-corrected chi connectivity index (χ3v) is 2.61. The molecule has 0 aliphatic carbocycles. The molecule has 19 heavy (non-hydrogen) atoms. The zero-order valence-electron chi connectivity index (χ0n) is 9.92. The van der Waals surface area contributed by atoms with Gasteiger partial charge in [-0.2, -0.15) is 0 Å². The lowest BCUT2D eigenvalue weighted by Crippen LogP contribution is -2.55. The van der Waals surface area contributed by atoms with Gasteiger partial charge in [0.1, 0.15) is 11.7 Å². The van der Waals surface area contributed by atoms with Crippen molar-refractivity contribution in [3.8, 4) is 0 Å². The molecule has 1 saturated heterocycles. The summed E-state index contributed by atoms with van der Waals surface area (Å²) in [6.45, 7) is 0. The highest BCUT2D eigenvalue weighted by atomic mass is 16.4. The van der Waals surface area contributed by atoms with Gasteiger partial charge in [-0.1, -0.05) is 30.3 Å². The lowest BCUT2D eigenvalue weighted by molar-refractivity contribution is -0.141. The van der Waals surface area contributed by atoms with Crippen LogP contribution >= 0.6 is 0 Å². The Balaban J connectivity index is 2.15. The van der Waals surface area contributed by atoms with E-state index >= 15 is 0 Å². The van der Waals surface area contributed by atoms with Gasteiger partial charge in [-0.25, -0.2) is 0 Å². The number of nitrogens with one attached hydrogen (secondary N) is 2. The fourth-order valence-corrected chi connectivity index (χ4v) is 1.71. The minimum Gasteiger partial charge on any atom is -0.481 e. The molecule has 0 radical (unpaired) electrons. The first-order valence-corrected chi connectivity index (χ1v) is 5.66. The number of carbonyl (C=O) groups excluding carboxylic acids is 2. The van der Waals surface area contributed by atoms with Crippen LogP contribution in [0.2, 0.25) is 0 Å². The Hall–Kier alpha value is -2.63. The van der Waals surface area contributed by atoms with E-state index in [0.717, 1.165) is 5.56 Å². The highest BCUT2D eigenvalue weighted by Crippen LogP contribution is 2.09. The van der Waals surface area contributed by atoms with Gasteiger partial charge in [-0.05, 0) is 11.6 Å². The van der Waals surface area contributed by atoms with E-state index in [0.29, 0.717) is 0 Å². The number of hydrogen-bond donors (Lipinski definition) is 3. The van der Waals surface area contributed by atoms with Crippen molar-refractivity contribution in [3.63, 3.8) is 0 Å². The second-order valence-electron chi connectivity index (χ2n) is 4.08. The summed E-state index contributed by atoms with van der Waals surface area (Å²) in [6.07, 6.45) is 1.10. The molecule has 2 rings (SSSR count). The summed E-state index contributed by atoms with van der Waals surface area (Å²) in [5.74, 6) is -2.16. The van der Waals surface area contributed by atoms with E-state index < -0.39 is 30.2 Å². The van der Waals surface area contributed by atoms with Gasteiger partial charge in [-0.3, -0.25) is 14.4 Å². The molecule has 1 aliphatic rings. The van der Waals surface area contributed by atoms with Crippen LogP contribution in [0.1, 0.15) is 12.0 Å². The monoisotopic (exact) mass is 260 g/mol. The summed E-state index contributed by atoms with van der Waals surface area (Å²) in [4.78, 5) is 33.9. The lowest BCUT2D eigenvalue weighted by atomic mass is 10.1. The third kappa shape index (κ3) is 3.19. The van der Waals surface area contributed by atoms with Crippen molar-refractivity contribution in [2.24, 2.45) is 0 Å². The number of rotatable bonds is 3. The van der Waals surface area contributed by atoms with Crippen LogP contribution in [0.4, 0.5) is 0 Å². The number of benzene rings is 1. The number of hydrogen-bond acceptors (Lipinski definition) is 3. The van der Waals surface area contributed by atoms with Crippen molar-refractivity contribution in [3.05, 3.63) is 41.6 Å². The minimum atomic E-state index is -1.14. The van der Waals surface area contributed by atoms with Gasteiger partial charge in [-0.15, -0.1) is 0 Å². The van der Waals surface area contributed by atoms with Crippen molar-refractivity contribution >= 4 is 23.9 Å². The van der Waals surface area contributed by atoms with E-state index in [-0.39, 0.29) is 5.70 Å². The van der Waals surface area contributed by atoms with Gasteiger partial charge in [0, 0.05) is 0 Å². The molecule has 1 aromatic rings. The first-order valence-electron chi connectivity index (χ1n) is 5.66. The smallest absolute Gasteiger partial charge is 0.305 e. The Morgan fingerprint density at radius 2 is 1.95 bits per heavy atom. The molecule has 0 spiro atoms. The first-order chi connectivity index (χ1) is 9.06. The van der Waals surface area contributed by atoms with Crippen molar-refractivity contribution in [2.45, 2.75) is 12.5 Å². The second kappa shape index (κ2) is 5.34. The molecule has 0 bridgehead atoms. The molecule has 0 aromatic heterocycles. The van der Waals surface area contributed by atoms with Crippen molar-refractivity contribution in [1.29, 1.82) is 0 Å². The molecule has 1 fully saturated rings. The molecular formula is C13H12N2O4. The van der Waals surface area contributed by atoms with Crippen LogP contribution in [0.25, 0.3) is 6.08 Å². The zero-order valence-corrected chi connectivity index (χ0v) is 9.92. The Morgan fingerprint density at radius 1 is 1.26 bits per heavy atom. The standard InChI is InChI=1S/C13H12N2O4/c16-11(17)7-10-13(19)14-9(12(18)15-10)6-8-4-2-1-3-5-8/h1-6,10H,7H2,(H,14,19)(H,15,18)(H,16,17)/t10-/m0/s1. The largest absolute Gasteiger partial charge is 0.481 e. The lowest BCUT2D eigenvalue weighted by Gasteiger charge is -2.23. The highest BCUT2D eigenvalue weighted by molar-refractivity contribution is 6.08. The molecule has 6 nitrogen and oxygen atoms in total. The molecule has 0 unspecified atom stereocenters. The van der Waals surface area contributed by atoms with Gasteiger partial charge >= 0.3 is 5.97 Å². The van der Waals surface area contributed by atoms with Crippen molar-refractivity contribution in [2.75, 3.05) is 0 Å². The van der Waals surface area contributed by atoms with Crippen LogP contribution in [0.15, 0.2) is 36.0 Å². The fraction of sp³-hybridized carbons (Fsp3) is 0.154. The van der Waals surface area contributed by atoms with E-state index in [2.05, 4.69) is 10.6 Å². The summed E-state index contributed by atoms with van der Waals surface area (Å²) < 4.78 is 0. The molecule has 1 aliphatic heterocycles. The van der Waals surface area contributed by atoms with E-state index in [4.69, 9.17) is 5.11 Å². The Labute approximate surface area is 109 Å². The highest BCUT2D eigenvalue weighted by Gasteiger charge is 2.31. The number of carbonyl (C=O) groups is 3. The predicted molar refractivity (Wildman–Crippen MR) is 66.7 cm³/mol. The van der Waals surface area contributed by atoms with E-state index in [1.54, 1.807) is 12.1 Å². The third-order valence-electron chi connectivity index (χ3n) is 2.61. The summed E-state index contributed by atoms with van der Waals surface area (Å²) in [5.41, 5.74) is 0.877. The molecule has 0 saturated carbocycles. The zero-order chi connectivity index (χ0) is 13.8. The molecule has 98 valence electrons. The maximum Gasteiger partial charge on any atom is 0.305 e. The van der Waals surface area contributed by atoms with Gasteiger partial charge < -0.3 is 15.7 Å². The molecule has 2 amide bonds. The first kappa shape index (κ1) is 12.8. The van der Waals surface area contributed by atoms with Crippen LogP contribution in [-0.2, 0) is 14.4 Å². The molecule has 1 heterocycles. The quantitative estimate of drug-likeness (QED) is 0.672. The van der Waals surface area contributed by atoms with Gasteiger partial charge in [0.2, 0.25) is 5.91 Å². The van der Waals surface area contributed by atoms with Crippen LogP contribution in [0.5, 0.6) is 0 Å². The number of carboxylic acid groups (broad SMARTS) is 1. The normalized spacial score (nSPS) is 20.8. The molecule has 3 N–H and O–H groups in total. The maximum atomic E-state index is 11.7. The SMILES string of the molecule is O=C(O)C[C@@H]1NC(=O)C(=Cc2ccccc2)NC1=O. The number of aliphatic carboxylic acids is 1. The molecule has 1 atom stereocenters. The van der Waals surface area contributed by atoms with E-state index in [1.807, 2.05) is 18.2 Å². The van der Waals surface area contributed by atoms with Crippen molar-refractivity contribution < 1.29 is 19.5 Å². The van der Waals surface area contributed by atoms with Crippen LogP contribution in [0.3, 0.4) is 0 Å². The van der Waals surface area contributed by atoms with Gasteiger partial charge in [0.05, 0.1) is 6.42 Å². The summed E-state index contributed by atoms with van der Waals surface area (Å²) in [5, 5.41) is 13.4. The minimum absolute atomic E-state index is 0.109. The number of amides is 2. The van der Waals surface area contributed by atoms with Crippen LogP contribution in [-0.4, -0.2) is 28.9 Å². The Morgan fingerprint density at radius 3 is 2.58 bits per heavy atom. The van der Waals surface area contributed by atoms with Crippen LogP contribution < -0.4 is 10.6 Å². The summed E-state index contributed by atoms with van der Waals surface area (Å²) >= 11 is 0. The average molecular weight is 260 g/mol. The van der Waals surface area contributed by atoms with E-state index in [1.165, 1.54) is 6.08 Å². The molecular weight excluding hydrogens is 248 g/mol. The van der Waals surface area contributed by atoms with Gasteiger partial charge in [0.25, 0.3) is 5.91 Å². The maximum absolute atomic E-state index is 11.7. The van der Waals surface area contributed by atoms with Crippen LogP contribution in [0, 0.1) is 0 Å². The summed E-state index contributed by atoms with van der Waals surface area (Å²) in [6, 6.07) is 8.00. The Bertz CT molecular complexity index is 551. The van der Waals surface area contributed by atoms with Gasteiger partial charge in [0.15, 0.2) is 0 Å². The van der Waals surface area contributed by atoms with E-state index in [9.17, 15) is 14.4 Å². The van der Waals surface area contributed by atoms with Crippen molar-refractivity contribution in [1.82, 2.24) is 10.6 Å². The topological polar surface area (TPSA) is 95.5 Å². The summed E-state index contributed by atoms with van der Waals surface area (Å²) in [7, 11) is 0. The fourth-order valence-electron chi connectivity index (χ4n) is 1.71. The predicted octanol–water partition coefficient (Wildman–Crippen LogP) is 0.117. The Kier molecular flexibility index (Phi) is 3.61. The average Bonchev–Trinajstić information content (AvgIpc) is 2.36. The second-order valence-corrected chi connectivity index (χ2v) is 4.08. The molecule has 1 aromatic carbocycles.